The van der Waals surface area contributed by atoms with Crippen LogP contribution in [0.25, 0.3) is 0 Å². The number of hydrogen-bond donors (Lipinski definition) is 1. The molecule has 0 rings (SSSR count). The van der Waals surface area contributed by atoms with Gasteiger partial charge in [0.25, 0.3) is 0 Å². The third-order valence-corrected chi connectivity index (χ3v) is 2.35. The predicted octanol–water partition coefficient (Wildman–Crippen LogP) is 0.0542. The molecule has 0 saturated heterocycles. The molecule has 0 heterocycles. The average molecular weight is 200 g/mol. The molecule has 0 aliphatic heterocycles. The van der Waals surface area contributed by atoms with Crippen molar-refractivity contribution in [2.45, 2.75) is 39.5 Å². The fourth-order valence-electron chi connectivity index (χ4n) is 1.65. The molecule has 82 valence electrons. The molecule has 0 spiro atoms. The molecule has 14 heavy (non-hydrogen) atoms. The molecule has 4 heteroatoms. The van der Waals surface area contributed by atoms with Gasteiger partial charge in [-0.3, -0.25) is 4.79 Å². The summed E-state index contributed by atoms with van der Waals surface area (Å²) in [5.74, 6) is -3.00. The molecule has 0 radical (unpaired) electrons. The number of nitrogens with two attached hydrogens (primary N) is 1. The van der Waals surface area contributed by atoms with Crippen LogP contribution in [0.5, 0.6) is 0 Å². The first-order chi connectivity index (χ1) is 6.54. The molecule has 2 atom stereocenters. The Labute approximate surface area is 84.5 Å². The Morgan fingerprint density at radius 2 is 1.57 bits per heavy atom. The first-order valence-corrected chi connectivity index (χ1v) is 5.04. The van der Waals surface area contributed by atoms with Crippen LogP contribution in [-0.4, -0.2) is 11.9 Å². The highest BCUT2D eigenvalue weighted by Crippen LogP contribution is 2.21. The number of carbonyl (C=O) groups is 2. The van der Waals surface area contributed by atoms with E-state index in [0.717, 1.165) is 6.42 Å². The number of carboxylic acids is 1. The summed E-state index contributed by atoms with van der Waals surface area (Å²) < 4.78 is 0. The maximum Gasteiger partial charge on any atom is 0.221 e. The summed E-state index contributed by atoms with van der Waals surface area (Å²) in [5.41, 5.74) is 5.16. The fourth-order valence-corrected chi connectivity index (χ4v) is 1.65. The van der Waals surface area contributed by atoms with Gasteiger partial charge in [-0.1, -0.05) is 26.7 Å². The SMILES string of the molecule is CCCC(C(N)=O)C(CCC)C(=O)[O-]. The monoisotopic (exact) mass is 200 g/mol. The maximum absolute atomic E-state index is 11.0. The van der Waals surface area contributed by atoms with E-state index in [1.54, 1.807) is 0 Å². The quantitative estimate of drug-likeness (QED) is 0.630. The van der Waals surface area contributed by atoms with E-state index in [1.165, 1.54) is 0 Å². The smallest absolute Gasteiger partial charge is 0.221 e. The summed E-state index contributed by atoms with van der Waals surface area (Å²) in [6.07, 6.45) is 2.44. The van der Waals surface area contributed by atoms with Crippen molar-refractivity contribution in [3.63, 3.8) is 0 Å². The zero-order valence-corrected chi connectivity index (χ0v) is 8.79. The molecular formula is C10H18NO3-. The minimum absolute atomic E-state index is 0.454. The molecule has 0 bridgehead atoms. The van der Waals surface area contributed by atoms with Crippen LogP contribution in [0.15, 0.2) is 0 Å². The number of amides is 1. The Hall–Kier alpha value is -1.06. The van der Waals surface area contributed by atoms with Crippen molar-refractivity contribution >= 4 is 11.9 Å². The lowest BCUT2D eigenvalue weighted by molar-refractivity contribution is -0.313. The van der Waals surface area contributed by atoms with Gasteiger partial charge in [-0.05, 0) is 12.8 Å². The van der Waals surface area contributed by atoms with Crippen LogP contribution in [0, 0.1) is 11.8 Å². The van der Waals surface area contributed by atoms with Crippen molar-refractivity contribution in [2.75, 3.05) is 0 Å². The Morgan fingerprint density at radius 3 is 1.86 bits per heavy atom. The molecule has 2 unspecified atom stereocenters. The molecule has 0 fully saturated rings. The number of primary amides is 1. The van der Waals surface area contributed by atoms with Crippen molar-refractivity contribution in [3.05, 3.63) is 0 Å². The molecule has 2 N–H and O–H groups in total. The van der Waals surface area contributed by atoms with E-state index in [1.807, 2.05) is 13.8 Å². The number of hydrogen-bond acceptors (Lipinski definition) is 3. The second-order valence-electron chi connectivity index (χ2n) is 3.51. The third-order valence-electron chi connectivity index (χ3n) is 2.35. The van der Waals surface area contributed by atoms with E-state index in [2.05, 4.69) is 0 Å². The van der Waals surface area contributed by atoms with Crippen LogP contribution < -0.4 is 10.8 Å². The Morgan fingerprint density at radius 1 is 1.14 bits per heavy atom. The van der Waals surface area contributed by atoms with E-state index in [4.69, 9.17) is 5.73 Å². The summed E-state index contributed by atoms with van der Waals surface area (Å²) in [7, 11) is 0. The van der Waals surface area contributed by atoms with Crippen molar-refractivity contribution in [2.24, 2.45) is 17.6 Å². The minimum atomic E-state index is -1.16. The van der Waals surface area contributed by atoms with E-state index >= 15 is 0 Å². The highest BCUT2D eigenvalue weighted by molar-refractivity contribution is 5.82. The lowest BCUT2D eigenvalue weighted by Crippen LogP contribution is -2.41. The van der Waals surface area contributed by atoms with Gasteiger partial charge < -0.3 is 15.6 Å². The predicted molar refractivity (Wildman–Crippen MR) is 51.0 cm³/mol. The van der Waals surface area contributed by atoms with E-state index in [0.29, 0.717) is 19.3 Å². The number of carboxylic acid groups (broad SMARTS) is 1. The standard InChI is InChI=1S/C10H19NO3/c1-3-5-7(9(11)12)8(6-4-2)10(13)14/h7-8H,3-6H2,1-2H3,(H2,11,12)(H,13,14)/p-1. The topological polar surface area (TPSA) is 83.2 Å². The molecule has 0 aromatic rings. The van der Waals surface area contributed by atoms with Crippen LogP contribution in [0.2, 0.25) is 0 Å². The van der Waals surface area contributed by atoms with Crippen molar-refractivity contribution < 1.29 is 14.7 Å². The first kappa shape index (κ1) is 12.9. The summed E-state index contributed by atoms with van der Waals surface area (Å²) in [5, 5.41) is 10.8. The van der Waals surface area contributed by atoms with E-state index < -0.39 is 23.7 Å². The van der Waals surface area contributed by atoms with Gasteiger partial charge in [0, 0.05) is 17.8 Å². The van der Waals surface area contributed by atoms with E-state index in [9.17, 15) is 14.7 Å². The van der Waals surface area contributed by atoms with Gasteiger partial charge in [-0.25, -0.2) is 0 Å². The number of rotatable bonds is 7. The molecule has 4 nitrogen and oxygen atoms in total. The van der Waals surface area contributed by atoms with Crippen molar-refractivity contribution in [1.82, 2.24) is 0 Å². The summed E-state index contributed by atoms with van der Waals surface area (Å²) in [6, 6.07) is 0. The van der Waals surface area contributed by atoms with E-state index in [-0.39, 0.29) is 0 Å². The van der Waals surface area contributed by atoms with Gasteiger partial charge in [0.2, 0.25) is 5.91 Å². The molecule has 0 aliphatic rings. The Balaban J connectivity index is 4.54. The molecule has 0 aromatic carbocycles. The normalized spacial score (nSPS) is 14.7. The summed E-state index contributed by atoms with van der Waals surface area (Å²) >= 11 is 0. The molecular weight excluding hydrogens is 182 g/mol. The molecule has 0 aliphatic carbocycles. The zero-order chi connectivity index (χ0) is 11.1. The van der Waals surface area contributed by atoms with Crippen molar-refractivity contribution in [1.29, 1.82) is 0 Å². The molecule has 0 saturated carbocycles. The average Bonchev–Trinajstić information content (AvgIpc) is 2.10. The van der Waals surface area contributed by atoms with Gasteiger partial charge in [-0.2, -0.15) is 0 Å². The largest absolute Gasteiger partial charge is 0.550 e. The summed E-state index contributed by atoms with van der Waals surface area (Å²) in [6.45, 7) is 3.77. The second kappa shape index (κ2) is 6.40. The second-order valence-corrected chi connectivity index (χ2v) is 3.51. The number of carbonyl (C=O) groups excluding carboxylic acids is 2. The molecule has 0 aromatic heterocycles. The van der Waals surface area contributed by atoms with Crippen molar-refractivity contribution in [3.8, 4) is 0 Å². The van der Waals surface area contributed by atoms with Crippen LogP contribution >= 0.6 is 0 Å². The highest BCUT2D eigenvalue weighted by atomic mass is 16.4. The maximum atomic E-state index is 11.0. The molecule has 1 amide bonds. The van der Waals surface area contributed by atoms with Gasteiger partial charge in [0.1, 0.15) is 0 Å². The first-order valence-electron chi connectivity index (χ1n) is 5.04. The number of aliphatic carboxylic acids is 1. The van der Waals surface area contributed by atoms with Gasteiger partial charge in [0.15, 0.2) is 0 Å². The minimum Gasteiger partial charge on any atom is -0.550 e. The third kappa shape index (κ3) is 3.77. The van der Waals surface area contributed by atoms with Crippen LogP contribution in [0.3, 0.4) is 0 Å². The fraction of sp³-hybridized carbons (Fsp3) is 0.800. The van der Waals surface area contributed by atoms with Gasteiger partial charge >= 0.3 is 0 Å². The lowest BCUT2D eigenvalue weighted by atomic mass is 9.85. The van der Waals surface area contributed by atoms with Crippen LogP contribution in [-0.2, 0) is 9.59 Å². The summed E-state index contributed by atoms with van der Waals surface area (Å²) in [4.78, 5) is 21.8. The van der Waals surface area contributed by atoms with Gasteiger partial charge in [0.05, 0.1) is 0 Å². The van der Waals surface area contributed by atoms with Crippen LogP contribution in [0.4, 0.5) is 0 Å². The highest BCUT2D eigenvalue weighted by Gasteiger charge is 2.25. The van der Waals surface area contributed by atoms with Gasteiger partial charge in [-0.15, -0.1) is 0 Å². The van der Waals surface area contributed by atoms with Crippen LogP contribution in [0.1, 0.15) is 39.5 Å². The zero-order valence-electron chi connectivity index (χ0n) is 8.79. The Bertz CT molecular complexity index is 182. The lowest BCUT2D eigenvalue weighted by Gasteiger charge is -2.24. The Kier molecular flexibility index (Phi) is 5.92.